The lowest BCUT2D eigenvalue weighted by atomic mass is 10.2. The number of ether oxygens (including phenoxy) is 1. The van der Waals surface area contributed by atoms with Crippen molar-refractivity contribution in [1.82, 2.24) is 0 Å². The van der Waals surface area contributed by atoms with Gasteiger partial charge in [-0.2, -0.15) is 0 Å². The van der Waals surface area contributed by atoms with E-state index < -0.39 is 14.9 Å². The first-order valence-corrected chi connectivity index (χ1v) is 7.08. The molecule has 8 nitrogen and oxygen atoms in total. The van der Waals surface area contributed by atoms with Crippen LogP contribution in [0.5, 0.6) is 0 Å². The quantitative estimate of drug-likeness (QED) is 0.621. The van der Waals surface area contributed by atoms with Crippen LogP contribution in [0.1, 0.15) is 0 Å². The topological polar surface area (TPSA) is 116 Å². The number of nitro groups is 1. The van der Waals surface area contributed by atoms with Crippen molar-refractivity contribution in [3.8, 4) is 0 Å². The van der Waals surface area contributed by atoms with Crippen molar-refractivity contribution < 1.29 is 18.1 Å². The Hall–Kier alpha value is -1.71. The monoisotopic (exact) mass is 287 g/mol. The molecule has 0 spiro atoms. The van der Waals surface area contributed by atoms with Gasteiger partial charge in [0.2, 0.25) is 10.0 Å². The fourth-order valence-corrected chi connectivity index (χ4v) is 2.68. The Balaban J connectivity index is 2.50. The summed E-state index contributed by atoms with van der Waals surface area (Å²) in [4.78, 5) is 11.6. The van der Waals surface area contributed by atoms with Gasteiger partial charge >= 0.3 is 0 Å². The number of nitrogens with zero attached hydrogens (tertiary/aromatic N) is 2. The molecule has 0 atom stereocenters. The molecule has 2 rings (SSSR count). The van der Waals surface area contributed by atoms with E-state index in [1.54, 1.807) is 4.90 Å². The van der Waals surface area contributed by atoms with Crippen molar-refractivity contribution in [3.63, 3.8) is 0 Å². The van der Waals surface area contributed by atoms with E-state index in [9.17, 15) is 18.5 Å². The van der Waals surface area contributed by atoms with E-state index in [2.05, 4.69) is 0 Å². The van der Waals surface area contributed by atoms with Gasteiger partial charge in [0, 0.05) is 25.2 Å². The van der Waals surface area contributed by atoms with Crippen molar-refractivity contribution in [2.75, 3.05) is 31.2 Å². The Bertz CT molecular complexity index is 595. The highest BCUT2D eigenvalue weighted by atomic mass is 32.2. The summed E-state index contributed by atoms with van der Waals surface area (Å²) in [5.74, 6) is 0. The molecule has 0 amide bonds. The zero-order valence-electron chi connectivity index (χ0n) is 9.98. The van der Waals surface area contributed by atoms with Gasteiger partial charge in [-0.15, -0.1) is 0 Å². The molecule has 0 aliphatic carbocycles. The van der Waals surface area contributed by atoms with E-state index in [0.29, 0.717) is 32.0 Å². The predicted octanol–water partition coefficient (Wildman–Crippen LogP) is 0.0788. The fraction of sp³-hybridized carbons (Fsp3) is 0.400. The molecule has 1 heterocycles. The molecule has 19 heavy (non-hydrogen) atoms. The average molecular weight is 287 g/mol. The lowest BCUT2D eigenvalue weighted by Crippen LogP contribution is -2.37. The standard InChI is InChI=1S/C10H13N3O5S/c11-19(16,17)10-7-8(13(14)15)1-2-9(10)12-3-5-18-6-4-12/h1-2,7H,3-6H2,(H2,11,16,17). The van der Waals surface area contributed by atoms with Crippen LogP contribution in [0.2, 0.25) is 0 Å². The minimum absolute atomic E-state index is 0.233. The van der Waals surface area contributed by atoms with E-state index in [-0.39, 0.29) is 10.6 Å². The molecule has 1 saturated heterocycles. The molecular weight excluding hydrogens is 274 g/mol. The zero-order valence-corrected chi connectivity index (χ0v) is 10.8. The number of hydrogen-bond acceptors (Lipinski definition) is 6. The van der Waals surface area contributed by atoms with Gasteiger partial charge in [-0.25, -0.2) is 13.6 Å². The lowest BCUT2D eigenvalue weighted by molar-refractivity contribution is -0.385. The zero-order chi connectivity index (χ0) is 14.0. The van der Waals surface area contributed by atoms with Crippen molar-refractivity contribution in [1.29, 1.82) is 0 Å². The minimum atomic E-state index is -4.03. The van der Waals surface area contributed by atoms with E-state index in [1.165, 1.54) is 12.1 Å². The van der Waals surface area contributed by atoms with Gasteiger partial charge in [-0.3, -0.25) is 10.1 Å². The highest BCUT2D eigenvalue weighted by Crippen LogP contribution is 2.29. The van der Waals surface area contributed by atoms with Crippen LogP contribution in [0.4, 0.5) is 11.4 Å². The van der Waals surface area contributed by atoms with Crippen molar-refractivity contribution >= 4 is 21.4 Å². The third kappa shape index (κ3) is 3.00. The molecule has 1 aromatic rings. The Labute approximate surface area is 110 Å². The molecule has 0 saturated carbocycles. The van der Waals surface area contributed by atoms with Crippen molar-refractivity contribution in [3.05, 3.63) is 28.3 Å². The van der Waals surface area contributed by atoms with Crippen LogP contribution in [0, 0.1) is 10.1 Å². The summed E-state index contributed by atoms with van der Waals surface area (Å²) in [6, 6.07) is 3.66. The van der Waals surface area contributed by atoms with Gasteiger partial charge in [-0.05, 0) is 6.07 Å². The SMILES string of the molecule is NS(=O)(=O)c1cc([N+](=O)[O-])ccc1N1CCOCC1. The summed E-state index contributed by atoms with van der Waals surface area (Å²) in [6.07, 6.45) is 0. The first-order chi connectivity index (χ1) is 8.89. The van der Waals surface area contributed by atoms with Crippen LogP contribution in [-0.4, -0.2) is 39.6 Å². The summed E-state index contributed by atoms with van der Waals surface area (Å²) in [5.41, 5.74) is 0.0671. The number of rotatable bonds is 3. The van der Waals surface area contributed by atoms with E-state index >= 15 is 0 Å². The second kappa shape index (κ2) is 5.11. The summed E-state index contributed by atoms with van der Waals surface area (Å²) in [5, 5.41) is 15.8. The van der Waals surface area contributed by atoms with Crippen LogP contribution >= 0.6 is 0 Å². The van der Waals surface area contributed by atoms with Gasteiger partial charge in [0.15, 0.2) is 0 Å². The first kappa shape index (κ1) is 13.7. The summed E-state index contributed by atoms with van der Waals surface area (Å²) in [7, 11) is -4.03. The summed E-state index contributed by atoms with van der Waals surface area (Å²) >= 11 is 0. The Kier molecular flexibility index (Phi) is 3.69. The van der Waals surface area contributed by atoms with Crippen molar-refractivity contribution in [2.45, 2.75) is 4.90 Å². The van der Waals surface area contributed by atoms with Crippen molar-refractivity contribution in [2.24, 2.45) is 5.14 Å². The third-order valence-corrected chi connectivity index (χ3v) is 3.75. The minimum Gasteiger partial charge on any atom is -0.378 e. The van der Waals surface area contributed by atoms with Crippen LogP contribution in [0.15, 0.2) is 23.1 Å². The molecule has 0 unspecified atom stereocenters. The maximum atomic E-state index is 11.6. The van der Waals surface area contributed by atoms with Crippen LogP contribution < -0.4 is 10.0 Å². The molecular formula is C10H13N3O5S. The van der Waals surface area contributed by atoms with Crippen LogP contribution in [0.3, 0.4) is 0 Å². The Morgan fingerprint density at radius 3 is 2.47 bits per heavy atom. The molecule has 1 aromatic carbocycles. The van der Waals surface area contributed by atoms with E-state index in [4.69, 9.17) is 9.88 Å². The Morgan fingerprint density at radius 2 is 1.95 bits per heavy atom. The molecule has 1 fully saturated rings. The normalized spacial score (nSPS) is 16.4. The number of anilines is 1. The van der Waals surface area contributed by atoms with Crippen LogP contribution in [0.25, 0.3) is 0 Å². The second-order valence-electron chi connectivity index (χ2n) is 4.05. The van der Waals surface area contributed by atoms with E-state index in [0.717, 1.165) is 6.07 Å². The van der Waals surface area contributed by atoms with Gasteiger partial charge in [0.1, 0.15) is 4.90 Å². The Morgan fingerprint density at radius 1 is 1.32 bits per heavy atom. The molecule has 1 aliphatic heterocycles. The highest BCUT2D eigenvalue weighted by Gasteiger charge is 2.23. The number of benzene rings is 1. The summed E-state index contributed by atoms with van der Waals surface area (Å²) < 4.78 is 28.3. The van der Waals surface area contributed by atoms with Gasteiger partial charge in [0.05, 0.1) is 23.8 Å². The molecule has 9 heteroatoms. The molecule has 0 bridgehead atoms. The van der Waals surface area contributed by atoms with Gasteiger partial charge in [0.25, 0.3) is 5.69 Å². The number of non-ortho nitro benzene ring substituents is 1. The second-order valence-corrected chi connectivity index (χ2v) is 5.58. The number of sulfonamides is 1. The third-order valence-electron chi connectivity index (χ3n) is 2.81. The number of primary sulfonamides is 1. The molecule has 2 N–H and O–H groups in total. The average Bonchev–Trinajstić information content (AvgIpc) is 2.38. The van der Waals surface area contributed by atoms with Gasteiger partial charge in [-0.1, -0.05) is 0 Å². The smallest absolute Gasteiger partial charge is 0.270 e. The lowest BCUT2D eigenvalue weighted by Gasteiger charge is -2.29. The molecule has 0 aromatic heterocycles. The highest BCUT2D eigenvalue weighted by molar-refractivity contribution is 7.89. The molecule has 104 valence electrons. The molecule has 1 aliphatic rings. The summed E-state index contributed by atoms with van der Waals surface area (Å²) in [6.45, 7) is 1.97. The van der Waals surface area contributed by atoms with Crippen LogP contribution in [-0.2, 0) is 14.8 Å². The predicted molar refractivity (Wildman–Crippen MR) is 67.5 cm³/mol. The maximum absolute atomic E-state index is 11.6. The van der Waals surface area contributed by atoms with Gasteiger partial charge < -0.3 is 9.64 Å². The first-order valence-electron chi connectivity index (χ1n) is 5.53. The number of morpholine rings is 1. The van der Waals surface area contributed by atoms with E-state index in [1.807, 2.05) is 0 Å². The number of nitrogens with two attached hydrogens (primary N) is 1. The number of nitro benzene ring substituents is 1. The largest absolute Gasteiger partial charge is 0.378 e. The molecule has 0 radical (unpaired) electrons. The number of hydrogen-bond donors (Lipinski definition) is 1. The maximum Gasteiger partial charge on any atom is 0.270 e. The fourth-order valence-electron chi connectivity index (χ4n) is 1.91.